The lowest BCUT2D eigenvalue weighted by molar-refractivity contribution is 0.0592. The van der Waals surface area contributed by atoms with E-state index in [1.165, 1.54) is 16.9 Å². The van der Waals surface area contributed by atoms with Gasteiger partial charge in [0.15, 0.2) is 9.84 Å². The number of aryl methyl sites for hydroxylation is 1. The molecular weight excluding hydrogens is 392 g/mol. The number of piperazine rings is 1. The van der Waals surface area contributed by atoms with Crippen LogP contribution in [0.4, 0.5) is 0 Å². The number of carbonyl (C=O) groups is 1. The molecule has 156 valence electrons. The molecule has 3 aliphatic rings. The number of hydrogen-bond acceptors (Lipinski definition) is 5. The average Bonchev–Trinajstić information content (AvgIpc) is 3.22. The van der Waals surface area contributed by atoms with E-state index in [9.17, 15) is 13.2 Å². The maximum absolute atomic E-state index is 13.0. The monoisotopic (exact) mass is 424 g/mol. The number of thiophene rings is 1. The molecule has 0 saturated carbocycles. The molecule has 2 saturated heterocycles. The van der Waals surface area contributed by atoms with Crippen LogP contribution in [-0.2, 0) is 22.7 Å². The predicted molar refractivity (Wildman–Crippen MR) is 114 cm³/mol. The zero-order valence-electron chi connectivity index (χ0n) is 17.2. The molecule has 0 aromatic carbocycles. The van der Waals surface area contributed by atoms with Crippen molar-refractivity contribution in [3.8, 4) is 0 Å². The number of amides is 1. The van der Waals surface area contributed by atoms with Gasteiger partial charge in [0.05, 0.1) is 16.4 Å². The van der Waals surface area contributed by atoms with Gasteiger partial charge in [0, 0.05) is 37.1 Å². The van der Waals surface area contributed by atoms with Crippen LogP contribution in [0.25, 0.3) is 0 Å². The first-order valence-electron chi connectivity index (χ1n) is 10.5. The molecule has 2 aliphatic heterocycles. The third-order valence-electron chi connectivity index (χ3n) is 6.84. The second-order valence-electron chi connectivity index (χ2n) is 9.75. The van der Waals surface area contributed by atoms with Crippen molar-refractivity contribution in [2.24, 2.45) is 11.3 Å². The lowest BCUT2D eigenvalue weighted by Crippen LogP contribution is -2.52. The number of carbonyl (C=O) groups excluding carboxylic acids is 1. The van der Waals surface area contributed by atoms with E-state index in [0.717, 1.165) is 37.2 Å². The molecule has 0 radical (unpaired) electrons. The molecule has 0 bridgehead atoms. The Morgan fingerprint density at radius 2 is 1.86 bits per heavy atom. The number of fused-ring (bicyclic) bond motifs is 1. The Bertz CT molecular complexity index is 845. The first-order valence-corrected chi connectivity index (χ1v) is 13.1. The van der Waals surface area contributed by atoms with Crippen LogP contribution in [-0.4, -0.2) is 67.9 Å². The first kappa shape index (κ1) is 20.4. The quantitative estimate of drug-likeness (QED) is 0.733. The fourth-order valence-electron chi connectivity index (χ4n) is 4.88. The van der Waals surface area contributed by atoms with E-state index in [4.69, 9.17) is 0 Å². The van der Waals surface area contributed by atoms with Gasteiger partial charge in [-0.05, 0) is 48.6 Å². The smallest absolute Gasteiger partial charge is 0.264 e. The van der Waals surface area contributed by atoms with E-state index in [-0.39, 0.29) is 17.7 Å². The molecule has 2 atom stereocenters. The van der Waals surface area contributed by atoms with Crippen LogP contribution in [0.5, 0.6) is 0 Å². The Morgan fingerprint density at radius 1 is 1.14 bits per heavy atom. The molecule has 1 aliphatic carbocycles. The van der Waals surface area contributed by atoms with Crippen molar-refractivity contribution in [1.82, 2.24) is 9.80 Å². The zero-order chi connectivity index (χ0) is 20.1. The van der Waals surface area contributed by atoms with Crippen LogP contribution in [0.3, 0.4) is 0 Å². The summed E-state index contributed by atoms with van der Waals surface area (Å²) in [7, 11) is -2.86. The van der Waals surface area contributed by atoms with Gasteiger partial charge in [-0.15, -0.1) is 11.3 Å². The van der Waals surface area contributed by atoms with Crippen molar-refractivity contribution in [2.45, 2.75) is 52.5 Å². The number of hydrogen-bond donors (Lipinski definition) is 0. The summed E-state index contributed by atoms with van der Waals surface area (Å²) in [6, 6.07) is 2.29. The number of nitrogens with zero attached hydrogens (tertiary/aromatic N) is 2. The standard InChI is InChI=1S/C21H32N2O3S2/c1-21(2,3)16-4-5-18-15(12-16)13-19(27-18)20(24)23-9-7-22(8-10-23)17-6-11-28(25,26)14-17/h13,16-17H,4-12,14H2,1-3H3. The lowest BCUT2D eigenvalue weighted by Gasteiger charge is -2.37. The molecule has 1 amide bonds. The van der Waals surface area contributed by atoms with Crippen molar-refractivity contribution >= 4 is 27.1 Å². The van der Waals surface area contributed by atoms with E-state index < -0.39 is 9.84 Å². The lowest BCUT2D eigenvalue weighted by atomic mass is 9.72. The Balaban J connectivity index is 1.37. The molecule has 1 aromatic heterocycles. The van der Waals surface area contributed by atoms with Gasteiger partial charge < -0.3 is 4.90 Å². The summed E-state index contributed by atoms with van der Waals surface area (Å²) in [6.45, 7) is 9.90. The fourth-order valence-corrected chi connectivity index (χ4v) is 7.82. The van der Waals surface area contributed by atoms with Gasteiger partial charge in [-0.25, -0.2) is 8.42 Å². The van der Waals surface area contributed by atoms with Crippen molar-refractivity contribution in [3.63, 3.8) is 0 Å². The molecular formula is C21H32N2O3S2. The highest BCUT2D eigenvalue weighted by atomic mass is 32.2. The molecule has 0 spiro atoms. The summed E-state index contributed by atoms with van der Waals surface area (Å²) in [5.74, 6) is 1.44. The molecule has 3 heterocycles. The van der Waals surface area contributed by atoms with Crippen molar-refractivity contribution in [3.05, 3.63) is 21.4 Å². The maximum Gasteiger partial charge on any atom is 0.264 e. The third-order valence-corrected chi connectivity index (χ3v) is 9.82. The van der Waals surface area contributed by atoms with E-state index in [0.29, 0.717) is 30.2 Å². The minimum atomic E-state index is -2.86. The second kappa shape index (κ2) is 7.40. The zero-order valence-corrected chi connectivity index (χ0v) is 18.9. The van der Waals surface area contributed by atoms with Crippen molar-refractivity contribution < 1.29 is 13.2 Å². The van der Waals surface area contributed by atoms with Gasteiger partial charge in [-0.2, -0.15) is 0 Å². The molecule has 0 N–H and O–H groups in total. The predicted octanol–water partition coefficient (Wildman–Crippen LogP) is 2.84. The molecule has 1 aromatic rings. The van der Waals surface area contributed by atoms with E-state index in [1.807, 2.05) is 4.90 Å². The molecule has 28 heavy (non-hydrogen) atoms. The van der Waals surface area contributed by atoms with Gasteiger partial charge in [0.2, 0.25) is 0 Å². The molecule has 2 fully saturated rings. The van der Waals surface area contributed by atoms with Crippen LogP contribution >= 0.6 is 11.3 Å². The highest BCUT2D eigenvalue weighted by molar-refractivity contribution is 7.91. The number of sulfone groups is 1. The SMILES string of the molecule is CC(C)(C)C1CCc2sc(C(=O)N3CCN(C4CCS(=O)(=O)C4)CC3)cc2C1. The van der Waals surface area contributed by atoms with Crippen LogP contribution in [0.1, 0.15) is 53.7 Å². The molecule has 2 unspecified atom stereocenters. The number of rotatable bonds is 2. The Labute approximate surface area is 173 Å². The normalized spacial score (nSPS) is 28.3. The van der Waals surface area contributed by atoms with E-state index in [1.54, 1.807) is 11.3 Å². The van der Waals surface area contributed by atoms with E-state index in [2.05, 4.69) is 31.7 Å². The molecule has 7 heteroatoms. The maximum atomic E-state index is 13.0. The van der Waals surface area contributed by atoms with Gasteiger partial charge in [-0.1, -0.05) is 20.8 Å². The van der Waals surface area contributed by atoms with Crippen molar-refractivity contribution in [2.75, 3.05) is 37.7 Å². The summed E-state index contributed by atoms with van der Waals surface area (Å²) in [5.41, 5.74) is 1.70. The molecule has 5 nitrogen and oxygen atoms in total. The highest BCUT2D eigenvalue weighted by Gasteiger charge is 2.35. The Morgan fingerprint density at radius 3 is 2.46 bits per heavy atom. The van der Waals surface area contributed by atoms with Gasteiger partial charge in [-0.3, -0.25) is 9.69 Å². The van der Waals surface area contributed by atoms with Crippen LogP contribution in [0.15, 0.2) is 6.07 Å². The topological polar surface area (TPSA) is 57.7 Å². The van der Waals surface area contributed by atoms with Crippen LogP contribution < -0.4 is 0 Å². The Kier molecular flexibility index (Phi) is 5.38. The summed E-state index contributed by atoms with van der Waals surface area (Å²) >= 11 is 1.69. The van der Waals surface area contributed by atoms with E-state index >= 15 is 0 Å². The Hall–Kier alpha value is -0.920. The largest absolute Gasteiger partial charge is 0.335 e. The second-order valence-corrected chi connectivity index (χ2v) is 13.1. The fraction of sp³-hybridized carbons (Fsp3) is 0.762. The van der Waals surface area contributed by atoms with Crippen LogP contribution in [0.2, 0.25) is 0 Å². The molecule has 4 rings (SSSR count). The summed E-state index contributed by atoms with van der Waals surface area (Å²) < 4.78 is 23.5. The van der Waals surface area contributed by atoms with Gasteiger partial charge in [0.1, 0.15) is 0 Å². The third kappa shape index (κ3) is 4.17. The van der Waals surface area contributed by atoms with Gasteiger partial charge in [0.25, 0.3) is 5.91 Å². The van der Waals surface area contributed by atoms with Crippen molar-refractivity contribution in [1.29, 1.82) is 0 Å². The van der Waals surface area contributed by atoms with Gasteiger partial charge >= 0.3 is 0 Å². The van der Waals surface area contributed by atoms with Crippen LogP contribution in [0, 0.1) is 11.3 Å². The summed E-state index contributed by atoms with van der Waals surface area (Å²) in [6.07, 6.45) is 4.14. The average molecular weight is 425 g/mol. The first-order chi connectivity index (χ1) is 13.1. The minimum Gasteiger partial charge on any atom is -0.335 e. The summed E-state index contributed by atoms with van der Waals surface area (Å²) in [4.78, 5) is 19.6. The highest BCUT2D eigenvalue weighted by Crippen LogP contribution is 2.40. The summed E-state index contributed by atoms with van der Waals surface area (Å²) in [5, 5.41) is 0. The minimum absolute atomic E-state index is 0.144.